The lowest BCUT2D eigenvalue weighted by Crippen LogP contribution is -2.14. The average molecular weight is 325 g/mol. The summed E-state index contributed by atoms with van der Waals surface area (Å²) < 4.78 is 0. The molecule has 1 aliphatic carbocycles. The van der Waals surface area contributed by atoms with Crippen LogP contribution < -0.4 is 16.0 Å². The molecule has 2 aromatic rings. The highest BCUT2D eigenvalue weighted by molar-refractivity contribution is 5.88. The van der Waals surface area contributed by atoms with Crippen molar-refractivity contribution in [3.8, 4) is 0 Å². The van der Waals surface area contributed by atoms with Crippen molar-refractivity contribution < 1.29 is 4.79 Å². The largest absolute Gasteiger partial charge is 0.352 e. The van der Waals surface area contributed by atoms with E-state index in [0.717, 1.165) is 22.9 Å². The predicted molar refractivity (Wildman–Crippen MR) is 96.8 cm³/mol. The lowest BCUT2D eigenvalue weighted by atomic mass is 10.2. The number of carbonyl (C=O) groups excluding carboxylic acids is 1. The van der Waals surface area contributed by atoms with Crippen LogP contribution in [0.25, 0.3) is 0 Å². The summed E-state index contributed by atoms with van der Waals surface area (Å²) in [5, 5.41) is 9.35. The molecule has 6 nitrogen and oxygen atoms in total. The van der Waals surface area contributed by atoms with Crippen LogP contribution in [0.3, 0.4) is 0 Å². The van der Waals surface area contributed by atoms with Gasteiger partial charge in [0.15, 0.2) is 0 Å². The highest BCUT2D eigenvalue weighted by Gasteiger charge is 2.26. The first kappa shape index (κ1) is 16.2. The Morgan fingerprint density at radius 1 is 1.12 bits per heavy atom. The summed E-state index contributed by atoms with van der Waals surface area (Å²) in [7, 11) is 0. The molecule has 3 rings (SSSR count). The Morgan fingerprint density at radius 2 is 1.79 bits per heavy atom. The van der Waals surface area contributed by atoms with Crippen molar-refractivity contribution in [2.75, 3.05) is 16.0 Å². The Balaban J connectivity index is 1.78. The van der Waals surface area contributed by atoms with E-state index in [1.54, 1.807) is 0 Å². The van der Waals surface area contributed by atoms with Crippen molar-refractivity contribution in [2.45, 2.75) is 45.6 Å². The summed E-state index contributed by atoms with van der Waals surface area (Å²) in [6.45, 7) is 5.64. The van der Waals surface area contributed by atoms with E-state index < -0.39 is 0 Å². The maximum Gasteiger partial charge on any atom is 0.225 e. The molecule has 1 aromatic heterocycles. The SMILES string of the molecule is CC(=O)Nc1ccc(Nc2cc(C3CC3)nc(NC(C)C)n2)cc1. The summed E-state index contributed by atoms with van der Waals surface area (Å²) in [5.74, 6) is 1.92. The van der Waals surface area contributed by atoms with E-state index >= 15 is 0 Å². The quantitative estimate of drug-likeness (QED) is 0.751. The standard InChI is InChI=1S/C18H23N5O/c1-11(2)19-18-22-16(13-4-5-13)10-17(23-18)21-15-8-6-14(7-9-15)20-12(3)24/h6-11,13H,4-5H2,1-3H3,(H,20,24)(H2,19,21,22,23). The van der Waals surface area contributed by atoms with E-state index in [2.05, 4.69) is 39.8 Å². The first-order valence-electron chi connectivity index (χ1n) is 8.30. The molecule has 1 aliphatic rings. The second-order valence-electron chi connectivity index (χ2n) is 6.46. The highest BCUT2D eigenvalue weighted by atomic mass is 16.1. The molecule has 1 saturated carbocycles. The lowest BCUT2D eigenvalue weighted by Gasteiger charge is -2.13. The zero-order chi connectivity index (χ0) is 17.1. The van der Waals surface area contributed by atoms with Crippen molar-refractivity contribution in [1.82, 2.24) is 9.97 Å². The summed E-state index contributed by atoms with van der Waals surface area (Å²) in [5.41, 5.74) is 2.78. The predicted octanol–water partition coefficient (Wildman–Crippen LogP) is 3.88. The van der Waals surface area contributed by atoms with Crippen LogP contribution in [0.4, 0.5) is 23.1 Å². The van der Waals surface area contributed by atoms with Crippen LogP contribution >= 0.6 is 0 Å². The number of nitrogens with one attached hydrogen (secondary N) is 3. The molecule has 1 fully saturated rings. The van der Waals surface area contributed by atoms with Crippen molar-refractivity contribution in [3.63, 3.8) is 0 Å². The first-order valence-corrected chi connectivity index (χ1v) is 8.30. The van der Waals surface area contributed by atoms with Crippen LogP contribution in [0.1, 0.15) is 45.2 Å². The van der Waals surface area contributed by atoms with Gasteiger partial charge < -0.3 is 16.0 Å². The van der Waals surface area contributed by atoms with Gasteiger partial charge in [-0.1, -0.05) is 0 Å². The van der Waals surface area contributed by atoms with Gasteiger partial charge in [0.2, 0.25) is 11.9 Å². The monoisotopic (exact) mass is 325 g/mol. The van der Waals surface area contributed by atoms with Gasteiger partial charge in [0.25, 0.3) is 0 Å². The molecule has 3 N–H and O–H groups in total. The third kappa shape index (κ3) is 4.44. The molecule has 0 aliphatic heterocycles. The van der Waals surface area contributed by atoms with Gasteiger partial charge in [-0.3, -0.25) is 4.79 Å². The fourth-order valence-corrected chi connectivity index (χ4v) is 2.43. The molecule has 0 spiro atoms. The summed E-state index contributed by atoms with van der Waals surface area (Å²) in [6.07, 6.45) is 2.39. The fourth-order valence-electron chi connectivity index (χ4n) is 2.43. The van der Waals surface area contributed by atoms with Gasteiger partial charge >= 0.3 is 0 Å². The summed E-state index contributed by atoms with van der Waals surface area (Å²) in [4.78, 5) is 20.2. The molecule has 1 aromatic carbocycles. The van der Waals surface area contributed by atoms with Gasteiger partial charge in [-0.25, -0.2) is 4.98 Å². The molecule has 6 heteroatoms. The summed E-state index contributed by atoms with van der Waals surface area (Å²) >= 11 is 0. The fraction of sp³-hybridized carbons (Fsp3) is 0.389. The number of anilines is 4. The maximum atomic E-state index is 11.1. The third-order valence-electron chi connectivity index (χ3n) is 3.64. The zero-order valence-corrected chi connectivity index (χ0v) is 14.3. The topological polar surface area (TPSA) is 78.9 Å². The molecular formula is C18H23N5O. The molecule has 0 unspecified atom stereocenters. The Labute approximate surface area is 142 Å². The van der Waals surface area contributed by atoms with Gasteiger partial charge in [-0.15, -0.1) is 0 Å². The van der Waals surface area contributed by atoms with Crippen molar-refractivity contribution in [3.05, 3.63) is 36.0 Å². The van der Waals surface area contributed by atoms with E-state index in [1.807, 2.05) is 30.3 Å². The minimum atomic E-state index is -0.0787. The number of nitrogens with zero attached hydrogens (tertiary/aromatic N) is 2. The van der Waals surface area contributed by atoms with Gasteiger partial charge in [-0.05, 0) is 51.0 Å². The molecule has 0 atom stereocenters. The molecule has 0 saturated heterocycles. The minimum absolute atomic E-state index is 0.0787. The van der Waals surface area contributed by atoms with Gasteiger partial charge in [0.1, 0.15) is 5.82 Å². The van der Waals surface area contributed by atoms with E-state index in [9.17, 15) is 4.79 Å². The number of rotatable bonds is 6. The number of hydrogen-bond acceptors (Lipinski definition) is 5. The average Bonchev–Trinajstić information content (AvgIpc) is 3.32. The van der Waals surface area contributed by atoms with Crippen LogP contribution in [0.15, 0.2) is 30.3 Å². The van der Waals surface area contributed by atoms with Gasteiger partial charge in [0.05, 0.1) is 5.69 Å². The van der Waals surface area contributed by atoms with Crippen LogP contribution in [-0.4, -0.2) is 21.9 Å². The van der Waals surface area contributed by atoms with Crippen molar-refractivity contribution in [1.29, 1.82) is 0 Å². The molecule has 0 radical (unpaired) electrons. The number of amides is 1. The zero-order valence-electron chi connectivity index (χ0n) is 14.3. The molecule has 1 amide bonds. The second kappa shape index (κ2) is 6.86. The van der Waals surface area contributed by atoms with Crippen LogP contribution in [0.5, 0.6) is 0 Å². The number of carbonyl (C=O) groups is 1. The normalized spacial score (nSPS) is 13.7. The van der Waals surface area contributed by atoms with Crippen LogP contribution in [-0.2, 0) is 4.79 Å². The number of benzene rings is 1. The maximum absolute atomic E-state index is 11.1. The Hall–Kier alpha value is -2.63. The van der Waals surface area contributed by atoms with Crippen LogP contribution in [0.2, 0.25) is 0 Å². The first-order chi connectivity index (χ1) is 11.5. The van der Waals surface area contributed by atoms with E-state index in [-0.39, 0.29) is 11.9 Å². The minimum Gasteiger partial charge on any atom is -0.352 e. The Kier molecular flexibility index (Phi) is 4.64. The number of hydrogen-bond donors (Lipinski definition) is 3. The summed E-state index contributed by atoms with van der Waals surface area (Å²) in [6, 6.07) is 9.86. The third-order valence-corrected chi connectivity index (χ3v) is 3.64. The Bertz CT molecular complexity index is 723. The van der Waals surface area contributed by atoms with Gasteiger partial charge in [-0.2, -0.15) is 4.98 Å². The highest BCUT2D eigenvalue weighted by Crippen LogP contribution is 2.40. The van der Waals surface area contributed by atoms with E-state index in [0.29, 0.717) is 11.9 Å². The lowest BCUT2D eigenvalue weighted by molar-refractivity contribution is -0.114. The van der Waals surface area contributed by atoms with Gasteiger partial charge in [0, 0.05) is 36.3 Å². The molecule has 1 heterocycles. The second-order valence-corrected chi connectivity index (χ2v) is 6.46. The molecule has 126 valence electrons. The smallest absolute Gasteiger partial charge is 0.225 e. The van der Waals surface area contributed by atoms with Crippen molar-refractivity contribution in [2.24, 2.45) is 0 Å². The van der Waals surface area contributed by atoms with Crippen LogP contribution in [0, 0.1) is 0 Å². The Morgan fingerprint density at radius 3 is 2.38 bits per heavy atom. The van der Waals surface area contributed by atoms with E-state index in [1.165, 1.54) is 19.8 Å². The van der Waals surface area contributed by atoms with E-state index in [4.69, 9.17) is 0 Å². The van der Waals surface area contributed by atoms with Crippen molar-refractivity contribution >= 4 is 29.0 Å². The molecule has 0 bridgehead atoms. The molecule has 24 heavy (non-hydrogen) atoms. The molecular weight excluding hydrogens is 302 g/mol. The number of aromatic nitrogens is 2.